The van der Waals surface area contributed by atoms with Gasteiger partial charge in [0, 0.05) is 42.8 Å². The smallest absolute Gasteiger partial charge is 0.123 e. The zero-order valence-electron chi connectivity index (χ0n) is 12.1. The van der Waals surface area contributed by atoms with E-state index in [-0.39, 0.29) is 0 Å². The van der Waals surface area contributed by atoms with E-state index in [4.69, 9.17) is 16.3 Å². The fourth-order valence-electron chi connectivity index (χ4n) is 2.70. The highest BCUT2D eigenvalue weighted by atomic mass is 35.5. The minimum atomic E-state index is 0.554. The van der Waals surface area contributed by atoms with Crippen LogP contribution in [-0.4, -0.2) is 37.2 Å². The third-order valence-electron chi connectivity index (χ3n) is 4.04. The molecule has 1 aliphatic heterocycles. The Morgan fingerprint density at radius 1 is 1.40 bits per heavy atom. The normalized spacial score (nSPS) is 23.8. The van der Waals surface area contributed by atoms with Gasteiger partial charge in [0.25, 0.3) is 0 Å². The molecular weight excluding hydrogens is 272 g/mol. The van der Waals surface area contributed by atoms with Gasteiger partial charge in [-0.15, -0.1) is 0 Å². The van der Waals surface area contributed by atoms with Crippen LogP contribution in [0, 0.1) is 5.92 Å². The second-order valence-corrected chi connectivity index (χ2v) is 6.53. The van der Waals surface area contributed by atoms with Crippen molar-refractivity contribution in [1.82, 2.24) is 10.2 Å². The molecule has 1 saturated carbocycles. The first-order valence-electron chi connectivity index (χ1n) is 7.57. The van der Waals surface area contributed by atoms with Gasteiger partial charge in [0.05, 0.1) is 6.61 Å². The summed E-state index contributed by atoms with van der Waals surface area (Å²) in [5, 5.41) is 4.27. The van der Waals surface area contributed by atoms with Crippen LogP contribution in [0.1, 0.15) is 25.3 Å². The first-order valence-corrected chi connectivity index (χ1v) is 7.95. The number of halogens is 1. The third-order valence-corrected chi connectivity index (χ3v) is 4.28. The summed E-state index contributed by atoms with van der Waals surface area (Å²) in [5.74, 6) is 1.78. The molecule has 1 aromatic rings. The number of benzene rings is 1. The van der Waals surface area contributed by atoms with E-state index in [1.165, 1.54) is 18.4 Å². The van der Waals surface area contributed by atoms with Crippen molar-refractivity contribution in [3.05, 3.63) is 28.8 Å². The average molecular weight is 295 g/mol. The van der Waals surface area contributed by atoms with Crippen molar-refractivity contribution in [2.24, 2.45) is 5.92 Å². The van der Waals surface area contributed by atoms with Crippen LogP contribution in [-0.2, 0) is 6.54 Å². The predicted molar refractivity (Wildman–Crippen MR) is 82.4 cm³/mol. The number of hydrogen-bond acceptors (Lipinski definition) is 3. The van der Waals surface area contributed by atoms with E-state index in [0.29, 0.717) is 6.04 Å². The summed E-state index contributed by atoms with van der Waals surface area (Å²) in [4.78, 5) is 2.47. The molecule has 0 aromatic heterocycles. The van der Waals surface area contributed by atoms with Crippen LogP contribution < -0.4 is 10.1 Å². The lowest BCUT2D eigenvalue weighted by Gasteiger charge is -2.32. The molecule has 0 amide bonds. The lowest BCUT2D eigenvalue weighted by atomic mass is 10.1. The first kappa shape index (κ1) is 14.2. The molecule has 2 aliphatic rings. The lowest BCUT2D eigenvalue weighted by Crippen LogP contribution is -2.48. The van der Waals surface area contributed by atoms with E-state index in [9.17, 15) is 0 Å². The van der Waals surface area contributed by atoms with Crippen LogP contribution in [0.3, 0.4) is 0 Å². The van der Waals surface area contributed by atoms with Gasteiger partial charge in [0.1, 0.15) is 5.75 Å². The number of nitrogens with zero attached hydrogens (tertiary/aromatic N) is 1. The van der Waals surface area contributed by atoms with Crippen LogP contribution in [0.25, 0.3) is 0 Å². The van der Waals surface area contributed by atoms with Gasteiger partial charge in [0.15, 0.2) is 0 Å². The van der Waals surface area contributed by atoms with Gasteiger partial charge >= 0.3 is 0 Å². The highest BCUT2D eigenvalue weighted by Gasteiger charge is 2.23. The van der Waals surface area contributed by atoms with Gasteiger partial charge in [-0.2, -0.15) is 0 Å². The van der Waals surface area contributed by atoms with Crippen molar-refractivity contribution in [1.29, 1.82) is 0 Å². The number of rotatable bonds is 5. The molecule has 3 rings (SSSR count). The van der Waals surface area contributed by atoms with Crippen molar-refractivity contribution in [2.45, 2.75) is 32.4 Å². The van der Waals surface area contributed by atoms with Gasteiger partial charge in [-0.3, -0.25) is 4.90 Å². The second-order valence-electron chi connectivity index (χ2n) is 6.10. The molecule has 1 aliphatic carbocycles. The van der Waals surface area contributed by atoms with Crippen LogP contribution >= 0.6 is 11.6 Å². The zero-order valence-corrected chi connectivity index (χ0v) is 12.8. The summed E-state index contributed by atoms with van der Waals surface area (Å²) < 4.78 is 5.98. The Kier molecular flexibility index (Phi) is 4.49. The minimum absolute atomic E-state index is 0.554. The Hall–Kier alpha value is -0.770. The fraction of sp³-hybridized carbons (Fsp3) is 0.625. The van der Waals surface area contributed by atoms with Gasteiger partial charge in [-0.05, 0) is 43.9 Å². The zero-order chi connectivity index (χ0) is 13.9. The third kappa shape index (κ3) is 3.87. The van der Waals surface area contributed by atoms with E-state index in [1.54, 1.807) is 0 Å². The van der Waals surface area contributed by atoms with Crippen molar-refractivity contribution in [3.8, 4) is 5.75 Å². The lowest BCUT2D eigenvalue weighted by molar-refractivity contribution is 0.195. The maximum atomic E-state index is 6.15. The SMILES string of the molecule is C[C@H]1CN(Cc2cc(Cl)ccc2OCC2CC2)CCN1. The molecule has 2 fully saturated rings. The first-order chi connectivity index (χ1) is 9.70. The molecule has 1 heterocycles. The topological polar surface area (TPSA) is 24.5 Å². The molecule has 0 unspecified atom stereocenters. The molecule has 20 heavy (non-hydrogen) atoms. The maximum Gasteiger partial charge on any atom is 0.123 e. The Morgan fingerprint density at radius 2 is 2.25 bits per heavy atom. The van der Waals surface area contributed by atoms with Gasteiger partial charge in [-0.1, -0.05) is 11.6 Å². The Bertz CT molecular complexity index is 462. The molecular formula is C16H23ClN2O. The monoisotopic (exact) mass is 294 g/mol. The van der Waals surface area contributed by atoms with Crippen LogP contribution in [0.4, 0.5) is 0 Å². The molecule has 110 valence electrons. The van der Waals surface area contributed by atoms with Crippen molar-refractivity contribution in [3.63, 3.8) is 0 Å². The summed E-state index contributed by atoms with van der Waals surface area (Å²) >= 11 is 6.15. The summed E-state index contributed by atoms with van der Waals surface area (Å²) in [6, 6.07) is 6.55. The molecule has 1 atom stereocenters. The molecule has 4 heteroatoms. The van der Waals surface area contributed by atoms with E-state index in [0.717, 1.165) is 49.5 Å². The molecule has 1 aromatic carbocycles. The fourth-order valence-corrected chi connectivity index (χ4v) is 2.90. The Balaban J connectivity index is 1.67. The standard InChI is InChI=1S/C16H23ClN2O/c1-12-9-19(7-6-18-12)10-14-8-15(17)4-5-16(14)20-11-13-2-3-13/h4-5,8,12-13,18H,2-3,6-7,9-11H2,1H3/t12-/m0/s1. The molecule has 1 N–H and O–H groups in total. The van der Waals surface area contributed by atoms with Crippen molar-refractivity contribution < 1.29 is 4.74 Å². The number of hydrogen-bond donors (Lipinski definition) is 1. The molecule has 3 nitrogen and oxygen atoms in total. The minimum Gasteiger partial charge on any atom is -0.493 e. The molecule has 0 spiro atoms. The highest BCUT2D eigenvalue weighted by molar-refractivity contribution is 6.30. The molecule has 1 saturated heterocycles. The largest absolute Gasteiger partial charge is 0.493 e. The maximum absolute atomic E-state index is 6.15. The van der Waals surface area contributed by atoms with E-state index in [2.05, 4.69) is 23.2 Å². The quantitative estimate of drug-likeness (QED) is 0.904. The number of nitrogens with one attached hydrogen (secondary N) is 1. The van der Waals surface area contributed by atoms with E-state index >= 15 is 0 Å². The van der Waals surface area contributed by atoms with E-state index in [1.807, 2.05) is 12.1 Å². The Morgan fingerprint density at radius 3 is 3.00 bits per heavy atom. The second kappa shape index (κ2) is 6.33. The van der Waals surface area contributed by atoms with Gasteiger partial charge in [0.2, 0.25) is 0 Å². The average Bonchev–Trinajstić information content (AvgIpc) is 3.22. The summed E-state index contributed by atoms with van der Waals surface area (Å²) in [5.41, 5.74) is 1.22. The van der Waals surface area contributed by atoms with Gasteiger partial charge < -0.3 is 10.1 Å². The van der Waals surface area contributed by atoms with Gasteiger partial charge in [-0.25, -0.2) is 0 Å². The van der Waals surface area contributed by atoms with Crippen LogP contribution in [0.2, 0.25) is 5.02 Å². The van der Waals surface area contributed by atoms with E-state index < -0.39 is 0 Å². The summed E-state index contributed by atoms with van der Waals surface area (Å²) in [7, 11) is 0. The van der Waals surface area contributed by atoms with Crippen LogP contribution in [0.5, 0.6) is 5.75 Å². The summed E-state index contributed by atoms with van der Waals surface area (Å²) in [6.45, 7) is 7.22. The highest BCUT2D eigenvalue weighted by Crippen LogP contribution is 2.31. The van der Waals surface area contributed by atoms with Crippen molar-refractivity contribution >= 4 is 11.6 Å². The van der Waals surface area contributed by atoms with Crippen LogP contribution in [0.15, 0.2) is 18.2 Å². The summed E-state index contributed by atoms with van der Waals surface area (Å²) in [6.07, 6.45) is 2.64. The van der Waals surface area contributed by atoms with Crippen molar-refractivity contribution in [2.75, 3.05) is 26.2 Å². The number of piperazine rings is 1. The number of ether oxygens (including phenoxy) is 1. The predicted octanol–water partition coefficient (Wildman–Crippen LogP) is 2.92. The molecule has 0 radical (unpaired) electrons. The molecule has 0 bridgehead atoms. The Labute approximate surface area is 126 Å².